The van der Waals surface area contributed by atoms with Gasteiger partial charge in [0.2, 0.25) is 6.29 Å². The zero-order valence-electron chi connectivity index (χ0n) is 13.9. The first kappa shape index (κ1) is 21.1. The van der Waals surface area contributed by atoms with E-state index in [2.05, 4.69) is 24.4 Å². The van der Waals surface area contributed by atoms with Crippen LogP contribution in [0.15, 0.2) is 17.1 Å². The SMILES string of the molecule is C=I[C@@]1(O)C(F)C(Cn2ccc(NC(=O)OCC)nc2=O)O[C@@H]1O[N+](=O)[O-]. The molecule has 1 aliphatic heterocycles. The number of halogens is 2. The molecule has 0 bridgehead atoms. The minimum absolute atomic E-state index is 0.0754. The van der Waals surface area contributed by atoms with E-state index in [0.29, 0.717) is 0 Å². The molecule has 12 nitrogen and oxygen atoms in total. The number of aromatic nitrogens is 2. The summed E-state index contributed by atoms with van der Waals surface area (Å²) in [6.07, 6.45) is -4.88. The van der Waals surface area contributed by atoms with E-state index in [1.807, 2.05) is 0 Å². The standard InChI is InChI=1S/C13H16FIN4O8/c1-3-25-12(21)17-8-4-5-18(11(20)16-8)6-7-9(14)13(22,15-2)10(26-7)27-19(23)24/h4-5,7,9-10,22H,2-3,6H2,1H3,(H,16,17,20,21)/t7?,9?,10-,13-/m1/s1. The van der Waals surface area contributed by atoms with Gasteiger partial charge in [0, 0.05) is 6.20 Å². The second-order valence-corrected chi connectivity index (χ2v) is 7.68. The van der Waals surface area contributed by atoms with Crippen LogP contribution in [0.2, 0.25) is 0 Å². The number of hydrogen-bond acceptors (Lipinski definition) is 9. The highest BCUT2D eigenvalue weighted by atomic mass is 127. The van der Waals surface area contributed by atoms with Gasteiger partial charge in [-0.3, -0.25) is 14.7 Å². The molecule has 14 heteroatoms. The first-order valence-corrected chi connectivity index (χ1v) is 10.1. The Bertz CT molecular complexity index is 792. The van der Waals surface area contributed by atoms with Crippen molar-refractivity contribution in [3.8, 4) is 0 Å². The Balaban J connectivity index is 2.14. The fraction of sp³-hybridized carbons (Fsp3) is 0.538. The molecule has 1 amide bonds. The van der Waals surface area contributed by atoms with Crippen LogP contribution in [-0.2, 0) is 20.9 Å². The Labute approximate surface area is 161 Å². The molecule has 0 radical (unpaired) electrons. The summed E-state index contributed by atoms with van der Waals surface area (Å²) in [7, 11) is 0. The molecule has 1 aliphatic rings. The number of carbonyl (C=O) groups is 1. The van der Waals surface area contributed by atoms with Gasteiger partial charge in [0.15, 0.2) is 9.78 Å². The molecule has 4 atom stereocenters. The summed E-state index contributed by atoms with van der Waals surface area (Å²) < 4.78 is 26.5. The normalized spacial score (nSPS) is 27.1. The van der Waals surface area contributed by atoms with Crippen molar-refractivity contribution in [2.75, 3.05) is 11.9 Å². The van der Waals surface area contributed by atoms with Crippen LogP contribution in [0.5, 0.6) is 0 Å². The second-order valence-electron chi connectivity index (χ2n) is 5.19. The third-order valence-corrected chi connectivity index (χ3v) is 5.82. The first-order chi connectivity index (χ1) is 12.7. The van der Waals surface area contributed by atoms with Gasteiger partial charge >= 0.3 is 11.8 Å². The molecule has 1 aromatic rings. The molecule has 2 heterocycles. The van der Waals surface area contributed by atoms with E-state index in [4.69, 9.17) is 4.74 Å². The summed E-state index contributed by atoms with van der Waals surface area (Å²) in [5.74, 6) is -0.0754. The Kier molecular flexibility index (Phi) is 6.77. The molecule has 1 fully saturated rings. The Morgan fingerprint density at radius 2 is 2.41 bits per heavy atom. The summed E-state index contributed by atoms with van der Waals surface area (Å²) in [5, 5.41) is 21.8. The molecule has 150 valence electrons. The maximum absolute atomic E-state index is 14.6. The zero-order chi connectivity index (χ0) is 20.2. The first-order valence-electron chi connectivity index (χ1n) is 7.45. The molecule has 2 unspecified atom stereocenters. The summed E-state index contributed by atoms with van der Waals surface area (Å²) in [5.41, 5.74) is -0.841. The molecule has 1 saturated heterocycles. The van der Waals surface area contributed by atoms with Gasteiger partial charge in [-0.05, 0) is 13.0 Å². The molecule has 0 aliphatic carbocycles. The number of anilines is 1. The van der Waals surface area contributed by atoms with E-state index >= 15 is 0 Å². The smallest absolute Gasteiger partial charge is 0.412 e. The monoisotopic (exact) mass is 502 g/mol. The summed E-state index contributed by atoms with van der Waals surface area (Å²) in [6.45, 7) is 1.34. The van der Waals surface area contributed by atoms with Gasteiger partial charge in [0.05, 0.1) is 13.2 Å². The molecular weight excluding hydrogens is 486 g/mol. The third kappa shape index (κ3) is 4.75. The average Bonchev–Trinajstić information content (AvgIpc) is 2.82. The molecule has 0 aromatic carbocycles. The molecular formula is C13H16FIN4O8. The summed E-state index contributed by atoms with van der Waals surface area (Å²) in [4.78, 5) is 41.7. The van der Waals surface area contributed by atoms with E-state index < -0.39 is 66.3 Å². The number of amides is 1. The van der Waals surface area contributed by atoms with Crippen molar-refractivity contribution in [1.29, 1.82) is 0 Å². The Hall–Kier alpha value is -2.20. The van der Waals surface area contributed by atoms with Gasteiger partial charge in [-0.15, -0.1) is 10.1 Å². The van der Waals surface area contributed by atoms with Gasteiger partial charge in [-0.1, -0.05) is 25.2 Å². The molecule has 2 rings (SSSR count). The predicted molar refractivity (Wildman–Crippen MR) is 96.9 cm³/mol. The fourth-order valence-corrected chi connectivity index (χ4v) is 3.71. The molecule has 0 saturated carbocycles. The number of nitrogens with one attached hydrogen (secondary N) is 1. The fourth-order valence-electron chi connectivity index (χ4n) is 2.27. The highest BCUT2D eigenvalue weighted by molar-refractivity contribution is 14.2. The van der Waals surface area contributed by atoms with Gasteiger partial charge in [0.1, 0.15) is 11.9 Å². The van der Waals surface area contributed by atoms with Crippen molar-refractivity contribution < 1.29 is 33.7 Å². The van der Waals surface area contributed by atoms with Gasteiger partial charge in [0.25, 0.3) is 5.09 Å². The Morgan fingerprint density at radius 3 is 2.96 bits per heavy atom. The minimum Gasteiger partial charge on any atom is -0.450 e. The predicted octanol–water partition coefficient (Wildman–Crippen LogP) is 0.174. The van der Waals surface area contributed by atoms with Crippen LogP contribution in [0.1, 0.15) is 6.92 Å². The molecule has 1 aromatic heterocycles. The number of rotatable bonds is 7. The molecule has 2 N–H and O–H groups in total. The van der Waals surface area contributed by atoms with E-state index in [1.54, 1.807) is 6.92 Å². The third-order valence-electron chi connectivity index (χ3n) is 3.49. The lowest BCUT2D eigenvalue weighted by molar-refractivity contribution is -0.782. The lowest BCUT2D eigenvalue weighted by Crippen LogP contribution is -2.43. The quantitative estimate of drug-likeness (QED) is 0.230. The highest BCUT2D eigenvalue weighted by Crippen LogP contribution is 2.42. The number of alkyl halides is 2. The van der Waals surface area contributed by atoms with Crippen LogP contribution in [0.3, 0.4) is 0 Å². The highest BCUT2D eigenvalue weighted by Gasteiger charge is 2.57. The number of aliphatic hydroxyl groups is 1. The second kappa shape index (κ2) is 8.66. The van der Waals surface area contributed by atoms with Crippen molar-refractivity contribution in [2.24, 2.45) is 0 Å². The van der Waals surface area contributed by atoms with Crippen LogP contribution in [-0.4, -0.2) is 59.1 Å². The van der Waals surface area contributed by atoms with Crippen LogP contribution >= 0.6 is 20.7 Å². The number of carbonyl (C=O) groups excluding carboxylic acids is 1. The van der Waals surface area contributed by atoms with Crippen molar-refractivity contribution in [3.05, 3.63) is 32.9 Å². The lowest BCUT2D eigenvalue weighted by Gasteiger charge is -2.23. The maximum Gasteiger partial charge on any atom is 0.412 e. The van der Waals surface area contributed by atoms with Crippen molar-refractivity contribution in [1.82, 2.24) is 9.55 Å². The van der Waals surface area contributed by atoms with Crippen LogP contribution in [0, 0.1) is 10.1 Å². The maximum atomic E-state index is 14.6. The van der Waals surface area contributed by atoms with E-state index in [1.165, 1.54) is 12.3 Å². The van der Waals surface area contributed by atoms with Crippen LogP contribution in [0.25, 0.3) is 0 Å². The van der Waals surface area contributed by atoms with E-state index in [0.717, 1.165) is 4.57 Å². The van der Waals surface area contributed by atoms with Crippen LogP contribution in [0.4, 0.5) is 15.0 Å². The topological polar surface area (TPSA) is 155 Å². The minimum atomic E-state index is -2.24. The largest absolute Gasteiger partial charge is 0.450 e. The van der Waals surface area contributed by atoms with Crippen LogP contribution < -0.4 is 11.0 Å². The average molecular weight is 502 g/mol. The Morgan fingerprint density at radius 1 is 1.70 bits per heavy atom. The van der Waals surface area contributed by atoms with Gasteiger partial charge in [-0.2, -0.15) is 4.98 Å². The van der Waals surface area contributed by atoms with Gasteiger partial charge < -0.3 is 14.6 Å². The van der Waals surface area contributed by atoms with E-state index in [9.17, 15) is 29.2 Å². The lowest BCUT2D eigenvalue weighted by atomic mass is 10.1. The summed E-state index contributed by atoms with van der Waals surface area (Å²) >= 11 is -1.51. The van der Waals surface area contributed by atoms with Crippen molar-refractivity contribution in [3.63, 3.8) is 0 Å². The van der Waals surface area contributed by atoms with E-state index in [-0.39, 0.29) is 12.4 Å². The van der Waals surface area contributed by atoms with Gasteiger partial charge in [-0.25, -0.2) is 14.0 Å². The van der Waals surface area contributed by atoms with Crippen molar-refractivity contribution in [2.45, 2.75) is 35.6 Å². The number of nitrogens with zero attached hydrogens (tertiary/aromatic N) is 3. The summed E-state index contributed by atoms with van der Waals surface area (Å²) in [6, 6.07) is 1.27. The number of ether oxygens (including phenoxy) is 2. The van der Waals surface area contributed by atoms with Crippen molar-refractivity contribution >= 4 is 37.2 Å². The molecule has 27 heavy (non-hydrogen) atoms. The molecule has 0 spiro atoms. The number of hydrogen-bond donors (Lipinski definition) is 2. The zero-order valence-corrected chi connectivity index (χ0v) is 16.1.